The highest BCUT2D eigenvalue weighted by atomic mass is 32.2. The topological polar surface area (TPSA) is 46.6 Å². The van der Waals surface area contributed by atoms with Crippen molar-refractivity contribution in [2.75, 3.05) is 6.54 Å². The van der Waals surface area contributed by atoms with Crippen LogP contribution in [-0.4, -0.2) is 25.5 Å². The molecule has 0 aliphatic carbocycles. The Morgan fingerprint density at radius 3 is 2.33 bits per heavy atom. The zero-order valence-electron chi connectivity index (χ0n) is 5.36. The Kier molecular flexibility index (Phi) is 1.50. The van der Waals surface area contributed by atoms with Gasteiger partial charge in [-0.05, 0) is 6.92 Å². The third kappa shape index (κ3) is 0.953. The Labute approximate surface area is 54.7 Å². The van der Waals surface area contributed by atoms with Crippen LogP contribution in [0.3, 0.4) is 0 Å². The van der Waals surface area contributed by atoms with Crippen molar-refractivity contribution in [2.45, 2.75) is 20.1 Å². The van der Waals surface area contributed by atoms with Gasteiger partial charge in [-0.25, -0.2) is 4.18 Å². The van der Waals surface area contributed by atoms with Crippen LogP contribution in [0.5, 0.6) is 0 Å². The van der Waals surface area contributed by atoms with Gasteiger partial charge in [0.1, 0.15) is 6.23 Å². The first-order chi connectivity index (χ1) is 4.08. The molecule has 0 spiro atoms. The van der Waals surface area contributed by atoms with Gasteiger partial charge < -0.3 is 0 Å². The molecule has 0 aromatic rings. The average Bonchev–Trinajstić information content (AvgIpc) is 1.63. The number of hydrogen-bond donors (Lipinski definition) is 0. The second-order valence-electron chi connectivity index (χ2n) is 1.86. The zero-order chi connectivity index (χ0) is 7.07. The van der Waals surface area contributed by atoms with Crippen molar-refractivity contribution in [1.82, 2.24) is 4.31 Å². The fraction of sp³-hybridized carbons (Fsp3) is 1.00. The van der Waals surface area contributed by atoms with E-state index in [0.717, 1.165) is 0 Å². The molecule has 1 rings (SSSR count). The maximum Gasteiger partial charge on any atom is 0.342 e. The summed E-state index contributed by atoms with van der Waals surface area (Å²) in [6, 6.07) is 0. The molecule has 54 valence electrons. The van der Waals surface area contributed by atoms with Gasteiger partial charge in [0, 0.05) is 6.54 Å². The highest BCUT2D eigenvalue weighted by molar-refractivity contribution is 7.85. The molecule has 1 fully saturated rings. The maximum atomic E-state index is 10.6. The molecule has 1 aliphatic heterocycles. The minimum atomic E-state index is -3.29. The monoisotopic (exact) mass is 151 g/mol. The van der Waals surface area contributed by atoms with Crippen molar-refractivity contribution in [3.63, 3.8) is 0 Å². The lowest BCUT2D eigenvalue weighted by Crippen LogP contribution is -2.52. The summed E-state index contributed by atoms with van der Waals surface area (Å²) < 4.78 is 26.8. The van der Waals surface area contributed by atoms with Gasteiger partial charge in [-0.15, -0.1) is 0 Å². The van der Waals surface area contributed by atoms with Crippen molar-refractivity contribution in [2.24, 2.45) is 0 Å². The minimum Gasteiger partial charge on any atom is -0.238 e. The lowest BCUT2D eigenvalue weighted by atomic mass is 10.6. The zero-order valence-corrected chi connectivity index (χ0v) is 6.18. The van der Waals surface area contributed by atoms with Crippen LogP contribution in [0, 0.1) is 0 Å². The van der Waals surface area contributed by atoms with Crippen LogP contribution < -0.4 is 0 Å². The molecule has 0 saturated carbocycles. The van der Waals surface area contributed by atoms with Crippen LogP contribution in [0.15, 0.2) is 0 Å². The lowest BCUT2D eigenvalue weighted by molar-refractivity contribution is 0.0261. The Morgan fingerprint density at radius 1 is 1.67 bits per heavy atom. The smallest absolute Gasteiger partial charge is 0.238 e. The van der Waals surface area contributed by atoms with E-state index in [2.05, 4.69) is 4.18 Å². The molecular weight excluding hydrogens is 142 g/mol. The fourth-order valence-corrected chi connectivity index (χ4v) is 2.01. The molecule has 1 saturated heterocycles. The molecule has 0 amide bonds. The normalized spacial score (nSPS) is 33.8. The van der Waals surface area contributed by atoms with E-state index >= 15 is 0 Å². The molecule has 0 N–H and O–H groups in total. The lowest BCUT2D eigenvalue weighted by Gasteiger charge is -2.35. The second kappa shape index (κ2) is 1.93. The van der Waals surface area contributed by atoms with Crippen LogP contribution in [0.25, 0.3) is 0 Å². The van der Waals surface area contributed by atoms with E-state index in [9.17, 15) is 8.42 Å². The Balaban J connectivity index is 2.70. The molecule has 1 heterocycles. The molecule has 4 nitrogen and oxygen atoms in total. The average molecular weight is 151 g/mol. The first-order valence-corrected chi connectivity index (χ1v) is 4.14. The molecule has 0 aromatic carbocycles. The Bertz CT molecular complexity index is 198. The van der Waals surface area contributed by atoms with E-state index in [1.165, 1.54) is 4.31 Å². The van der Waals surface area contributed by atoms with Crippen molar-refractivity contribution >= 4 is 10.3 Å². The van der Waals surface area contributed by atoms with Crippen molar-refractivity contribution in [3.8, 4) is 0 Å². The van der Waals surface area contributed by atoms with Gasteiger partial charge in [0.2, 0.25) is 0 Å². The van der Waals surface area contributed by atoms with Gasteiger partial charge in [0.05, 0.1) is 0 Å². The summed E-state index contributed by atoms with van der Waals surface area (Å²) in [4.78, 5) is 0. The Hall–Kier alpha value is -0.130. The molecule has 9 heavy (non-hydrogen) atoms. The molecule has 1 unspecified atom stereocenters. The van der Waals surface area contributed by atoms with E-state index in [1.54, 1.807) is 13.8 Å². The van der Waals surface area contributed by atoms with Crippen molar-refractivity contribution in [3.05, 3.63) is 0 Å². The summed E-state index contributed by atoms with van der Waals surface area (Å²) in [7, 11) is -3.29. The standard InChI is InChI=1S/C4H9NO3S/c1-3-5-4(2)8-9(5,6)7/h4H,3H2,1-2H3. The summed E-state index contributed by atoms with van der Waals surface area (Å²) in [5, 5.41) is 0. The molecule has 0 aromatic heterocycles. The summed E-state index contributed by atoms with van der Waals surface area (Å²) in [5.74, 6) is 0. The molecule has 1 atom stereocenters. The van der Waals surface area contributed by atoms with Crippen LogP contribution >= 0.6 is 0 Å². The van der Waals surface area contributed by atoms with Gasteiger partial charge in [0.15, 0.2) is 0 Å². The van der Waals surface area contributed by atoms with Gasteiger partial charge in [-0.2, -0.15) is 12.7 Å². The second-order valence-corrected chi connectivity index (χ2v) is 3.37. The molecular formula is C4H9NO3S. The number of nitrogens with zero attached hydrogens (tertiary/aromatic N) is 1. The summed E-state index contributed by atoms with van der Waals surface area (Å²) >= 11 is 0. The van der Waals surface area contributed by atoms with E-state index < -0.39 is 10.3 Å². The molecule has 0 bridgehead atoms. The largest absolute Gasteiger partial charge is 0.342 e. The first-order valence-electron chi connectivity index (χ1n) is 2.78. The van der Waals surface area contributed by atoms with Gasteiger partial charge in [-0.1, -0.05) is 6.92 Å². The predicted octanol–water partition coefficient (Wildman–Crippen LogP) is -0.0707. The SMILES string of the molecule is CCN1C(C)OS1(=O)=O. The van der Waals surface area contributed by atoms with Crippen LogP contribution in [0.1, 0.15) is 13.8 Å². The summed E-state index contributed by atoms with van der Waals surface area (Å²) in [5.41, 5.74) is 0. The highest BCUT2D eigenvalue weighted by Gasteiger charge is 2.40. The number of hydrogen-bond acceptors (Lipinski definition) is 3. The first kappa shape index (κ1) is 6.98. The van der Waals surface area contributed by atoms with Gasteiger partial charge in [0.25, 0.3) is 0 Å². The summed E-state index contributed by atoms with van der Waals surface area (Å²) in [6.07, 6.45) is -0.264. The van der Waals surface area contributed by atoms with E-state index in [1.807, 2.05) is 0 Å². The van der Waals surface area contributed by atoms with Gasteiger partial charge >= 0.3 is 10.3 Å². The maximum absolute atomic E-state index is 10.6. The third-order valence-electron chi connectivity index (χ3n) is 1.27. The van der Waals surface area contributed by atoms with E-state index in [0.29, 0.717) is 6.54 Å². The van der Waals surface area contributed by atoms with Crippen molar-refractivity contribution < 1.29 is 12.6 Å². The molecule has 0 radical (unpaired) electrons. The fourth-order valence-electron chi connectivity index (χ4n) is 0.840. The minimum absolute atomic E-state index is 0.264. The predicted molar refractivity (Wildman–Crippen MR) is 31.8 cm³/mol. The third-order valence-corrected chi connectivity index (χ3v) is 2.92. The van der Waals surface area contributed by atoms with Crippen molar-refractivity contribution in [1.29, 1.82) is 0 Å². The molecule has 1 aliphatic rings. The quantitative estimate of drug-likeness (QED) is 0.527. The van der Waals surface area contributed by atoms with Crippen LogP contribution in [0.4, 0.5) is 0 Å². The summed E-state index contributed by atoms with van der Waals surface area (Å²) in [6.45, 7) is 3.96. The van der Waals surface area contributed by atoms with Crippen LogP contribution in [0.2, 0.25) is 0 Å². The van der Waals surface area contributed by atoms with Crippen LogP contribution in [-0.2, 0) is 14.5 Å². The van der Waals surface area contributed by atoms with Gasteiger partial charge in [-0.3, -0.25) is 0 Å². The molecule has 5 heteroatoms. The number of rotatable bonds is 1. The highest BCUT2D eigenvalue weighted by Crippen LogP contribution is 2.21. The van der Waals surface area contributed by atoms with E-state index in [4.69, 9.17) is 0 Å². The van der Waals surface area contributed by atoms with E-state index in [-0.39, 0.29) is 6.23 Å². The Morgan fingerprint density at radius 2 is 2.22 bits per heavy atom.